The quantitative estimate of drug-likeness (QED) is 0.849. The summed E-state index contributed by atoms with van der Waals surface area (Å²) in [5.74, 6) is 0.0568. The second kappa shape index (κ2) is 5.47. The summed E-state index contributed by atoms with van der Waals surface area (Å²) in [6, 6.07) is 2.00. The molecule has 1 fully saturated rings. The second-order valence-corrected chi connectivity index (χ2v) is 6.24. The molecule has 0 bridgehead atoms. The standard InChI is InChI=1S/C16H21N3O2/c1-11-8-12-14(17-10-11)19-13(18-12)9-16(15(20)21)6-4-2-3-5-7-16/h8,10H,2-7,9H2,1H3,(H,20,21)(H,17,18,19). The van der Waals surface area contributed by atoms with Gasteiger partial charge in [-0.1, -0.05) is 25.7 Å². The van der Waals surface area contributed by atoms with Crippen LogP contribution >= 0.6 is 0 Å². The number of aliphatic carboxylic acids is 1. The molecule has 5 heteroatoms. The number of H-pyrrole nitrogens is 1. The molecule has 0 aliphatic heterocycles. The molecule has 5 nitrogen and oxygen atoms in total. The molecule has 0 amide bonds. The Kier molecular flexibility index (Phi) is 3.66. The summed E-state index contributed by atoms with van der Waals surface area (Å²) in [4.78, 5) is 23.9. The van der Waals surface area contributed by atoms with Crippen LogP contribution in [-0.4, -0.2) is 26.0 Å². The zero-order chi connectivity index (χ0) is 14.9. The minimum absolute atomic E-state index is 0.470. The SMILES string of the molecule is Cc1cnc2nc(CC3(C(=O)O)CCCCCC3)[nH]c2c1. The zero-order valence-electron chi connectivity index (χ0n) is 12.4. The smallest absolute Gasteiger partial charge is 0.310 e. The van der Waals surface area contributed by atoms with E-state index in [9.17, 15) is 9.90 Å². The molecule has 1 aliphatic carbocycles. The van der Waals surface area contributed by atoms with Crippen molar-refractivity contribution in [2.24, 2.45) is 5.41 Å². The lowest BCUT2D eigenvalue weighted by molar-refractivity contribution is -0.150. The summed E-state index contributed by atoms with van der Waals surface area (Å²) in [5.41, 5.74) is 1.96. The van der Waals surface area contributed by atoms with Gasteiger partial charge in [-0.3, -0.25) is 4.79 Å². The van der Waals surface area contributed by atoms with Gasteiger partial charge in [0, 0.05) is 12.6 Å². The predicted octanol–water partition coefficient (Wildman–Crippen LogP) is 3.23. The van der Waals surface area contributed by atoms with Gasteiger partial charge in [0.05, 0.1) is 10.9 Å². The van der Waals surface area contributed by atoms with E-state index in [0.717, 1.165) is 55.4 Å². The maximum Gasteiger partial charge on any atom is 0.310 e. The van der Waals surface area contributed by atoms with E-state index in [1.807, 2.05) is 13.0 Å². The van der Waals surface area contributed by atoms with E-state index < -0.39 is 11.4 Å². The average Bonchev–Trinajstić information content (AvgIpc) is 2.67. The van der Waals surface area contributed by atoms with E-state index >= 15 is 0 Å². The Bertz CT molecular complexity index is 655. The molecule has 2 aromatic heterocycles. The Morgan fingerprint density at radius 2 is 2.05 bits per heavy atom. The molecule has 112 valence electrons. The van der Waals surface area contributed by atoms with Crippen molar-refractivity contribution in [3.05, 3.63) is 23.7 Å². The topological polar surface area (TPSA) is 78.9 Å². The van der Waals surface area contributed by atoms with Crippen LogP contribution in [0, 0.1) is 12.3 Å². The van der Waals surface area contributed by atoms with Crippen molar-refractivity contribution in [1.82, 2.24) is 15.0 Å². The first-order chi connectivity index (χ1) is 10.1. The number of carbonyl (C=O) groups is 1. The number of aryl methyl sites for hydroxylation is 1. The third-order valence-corrected chi connectivity index (χ3v) is 4.54. The van der Waals surface area contributed by atoms with Crippen LogP contribution in [0.1, 0.15) is 49.9 Å². The van der Waals surface area contributed by atoms with Gasteiger partial charge in [0.2, 0.25) is 0 Å². The number of aromatic nitrogens is 3. The number of hydrogen-bond acceptors (Lipinski definition) is 3. The highest BCUT2D eigenvalue weighted by Gasteiger charge is 2.39. The highest BCUT2D eigenvalue weighted by molar-refractivity contribution is 5.75. The summed E-state index contributed by atoms with van der Waals surface area (Å²) in [7, 11) is 0. The van der Waals surface area contributed by atoms with Gasteiger partial charge in [0.1, 0.15) is 5.82 Å². The Morgan fingerprint density at radius 3 is 2.71 bits per heavy atom. The van der Waals surface area contributed by atoms with Gasteiger partial charge in [-0.25, -0.2) is 9.97 Å². The summed E-state index contributed by atoms with van der Waals surface area (Å²) >= 11 is 0. The van der Waals surface area contributed by atoms with Crippen LogP contribution in [0.2, 0.25) is 0 Å². The van der Waals surface area contributed by atoms with E-state index in [-0.39, 0.29) is 0 Å². The maximum atomic E-state index is 11.8. The first kappa shape index (κ1) is 14.0. The van der Waals surface area contributed by atoms with Crippen molar-refractivity contribution in [1.29, 1.82) is 0 Å². The average molecular weight is 287 g/mol. The summed E-state index contributed by atoms with van der Waals surface area (Å²) in [5, 5.41) is 9.74. The Balaban J connectivity index is 1.91. The summed E-state index contributed by atoms with van der Waals surface area (Å²) in [6.45, 7) is 1.98. The highest BCUT2D eigenvalue weighted by atomic mass is 16.4. The Labute approximate surface area is 123 Å². The first-order valence-corrected chi connectivity index (χ1v) is 7.64. The lowest BCUT2D eigenvalue weighted by Crippen LogP contribution is -2.33. The molecule has 2 N–H and O–H groups in total. The molecule has 3 rings (SSSR count). The molecule has 0 spiro atoms. The molecule has 0 saturated heterocycles. The fourth-order valence-corrected chi connectivity index (χ4v) is 3.33. The number of aromatic amines is 1. The molecule has 0 atom stereocenters. The molecule has 2 aromatic rings. The Morgan fingerprint density at radius 1 is 1.33 bits per heavy atom. The molecular weight excluding hydrogens is 266 g/mol. The lowest BCUT2D eigenvalue weighted by Gasteiger charge is -2.26. The molecule has 1 aliphatic rings. The number of nitrogens with zero attached hydrogens (tertiary/aromatic N) is 2. The van der Waals surface area contributed by atoms with Crippen molar-refractivity contribution in [3.8, 4) is 0 Å². The summed E-state index contributed by atoms with van der Waals surface area (Å²) in [6.07, 6.45) is 7.99. The van der Waals surface area contributed by atoms with Gasteiger partial charge < -0.3 is 10.1 Å². The number of rotatable bonds is 3. The first-order valence-electron chi connectivity index (χ1n) is 7.64. The lowest BCUT2D eigenvalue weighted by atomic mass is 9.77. The van der Waals surface area contributed by atoms with Gasteiger partial charge >= 0.3 is 5.97 Å². The maximum absolute atomic E-state index is 11.8. The van der Waals surface area contributed by atoms with Crippen molar-refractivity contribution in [2.75, 3.05) is 0 Å². The number of nitrogens with one attached hydrogen (secondary N) is 1. The largest absolute Gasteiger partial charge is 0.481 e. The third kappa shape index (κ3) is 2.77. The van der Waals surface area contributed by atoms with Crippen LogP contribution in [-0.2, 0) is 11.2 Å². The van der Waals surface area contributed by atoms with Gasteiger partial charge in [0.15, 0.2) is 5.65 Å². The monoisotopic (exact) mass is 287 g/mol. The highest BCUT2D eigenvalue weighted by Crippen LogP contribution is 2.38. The van der Waals surface area contributed by atoms with Gasteiger partial charge in [-0.15, -0.1) is 0 Å². The summed E-state index contributed by atoms with van der Waals surface area (Å²) < 4.78 is 0. The van der Waals surface area contributed by atoms with Crippen LogP contribution in [0.3, 0.4) is 0 Å². The normalized spacial score (nSPS) is 18.5. The van der Waals surface area contributed by atoms with Crippen LogP contribution in [0.15, 0.2) is 12.3 Å². The van der Waals surface area contributed by atoms with Crippen LogP contribution in [0.25, 0.3) is 11.2 Å². The molecule has 0 radical (unpaired) electrons. The van der Waals surface area contributed by atoms with Gasteiger partial charge in [-0.05, 0) is 31.4 Å². The molecule has 2 heterocycles. The predicted molar refractivity (Wildman–Crippen MR) is 80.1 cm³/mol. The van der Waals surface area contributed by atoms with Crippen molar-refractivity contribution in [3.63, 3.8) is 0 Å². The van der Waals surface area contributed by atoms with Crippen molar-refractivity contribution in [2.45, 2.75) is 51.9 Å². The number of hydrogen-bond donors (Lipinski definition) is 2. The third-order valence-electron chi connectivity index (χ3n) is 4.54. The molecule has 1 saturated carbocycles. The zero-order valence-corrected chi connectivity index (χ0v) is 12.4. The van der Waals surface area contributed by atoms with E-state index in [2.05, 4.69) is 15.0 Å². The molecule has 0 aromatic carbocycles. The van der Waals surface area contributed by atoms with E-state index in [1.165, 1.54) is 0 Å². The number of imidazole rings is 1. The van der Waals surface area contributed by atoms with E-state index in [1.54, 1.807) is 6.20 Å². The molecular formula is C16H21N3O2. The Hall–Kier alpha value is -1.91. The van der Waals surface area contributed by atoms with Crippen LogP contribution in [0.4, 0.5) is 0 Å². The van der Waals surface area contributed by atoms with Gasteiger partial charge in [-0.2, -0.15) is 0 Å². The number of fused-ring (bicyclic) bond motifs is 1. The van der Waals surface area contributed by atoms with Gasteiger partial charge in [0.25, 0.3) is 0 Å². The van der Waals surface area contributed by atoms with Crippen LogP contribution in [0.5, 0.6) is 0 Å². The fraction of sp³-hybridized carbons (Fsp3) is 0.562. The van der Waals surface area contributed by atoms with E-state index in [4.69, 9.17) is 0 Å². The van der Waals surface area contributed by atoms with E-state index in [0.29, 0.717) is 12.1 Å². The molecule has 0 unspecified atom stereocenters. The van der Waals surface area contributed by atoms with Crippen LogP contribution < -0.4 is 0 Å². The number of pyridine rings is 1. The fourth-order valence-electron chi connectivity index (χ4n) is 3.33. The van der Waals surface area contributed by atoms with Crippen molar-refractivity contribution >= 4 is 17.1 Å². The number of carboxylic acid groups (broad SMARTS) is 1. The molecule has 21 heavy (non-hydrogen) atoms. The van der Waals surface area contributed by atoms with Crippen molar-refractivity contribution < 1.29 is 9.90 Å². The minimum atomic E-state index is -0.686. The second-order valence-electron chi connectivity index (χ2n) is 6.24. The number of carboxylic acids is 1. The minimum Gasteiger partial charge on any atom is -0.481 e.